The molecule has 2 heterocycles. The maximum Gasteiger partial charge on any atom is 0.282 e. The number of rotatable bonds is 2. The minimum atomic E-state index is -0.448. The molecular formula is C15H13N3O3. The summed E-state index contributed by atoms with van der Waals surface area (Å²) in [5.74, 6) is 1.20. The molecule has 0 spiro atoms. The minimum absolute atomic E-state index is 0.0195. The molecule has 0 atom stereocenters. The summed E-state index contributed by atoms with van der Waals surface area (Å²) in [6, 6.07) is 7.19. The van der Waals surface area contributed by atoms with Crippen LogP contribution in [0.25, 0.3) is 6.08 Å². The number of carbonyl (C=O) groups excluding carboxylic acids is 1. The zero-order valence-electron chi connectivity index (χ0n) is 11.6. The molecule has 6 nitrogen and oxygen atoms in total. The number of hydroxylamine groups is 2. The fraction of sp³-hybridized carbons (Fsp3) is 0.133. The third kappa shape index (κ3) is 2.31. The lowest BCUT2D eigenvalue weighted by Crippen LogP contribution is -2.38. The Morgan fingerprint density at radius 3 is 2.71 bits per heavy atom. The van der Waals surface area contributed by atoms with Gasteiger partial charge in [0.1, 0.15) is 11.5 Å². The van der Waals surface area contributed by atoms with Crippen LogP contribution in [0.2, 0.25) is 0 Å². The molecule has 1 aromatic rings. The van der Waals surface area contributed by atoms with Crippen LogP contribution in [-0.2, 0) is 9.63 Å². The molecule has 2 aliphatic rings. The van der Waals surface area contributed by atoms with Crippen LogP contribution >= 0.6 is 0 Å². The van der Waals surface area contributed by atoms with Crippen LogP contribution in [0.15, 0.2) is 46.7 Å². The first kappa shape index (κ1) is 13.1. The fourth-order valence-electron chi connectivity index (χ4n) is 2.07. The summed E-state index contributed by atoms with van der Waals surface area (Å²) in [5.41, 5.74) is 0.971. The van der Waals surface area contributed by atoms with E-state index in [-0.39, 0.29) is 11.4 Å². The highest BCUT2D eigenvalue weighted by atomic mass is 16.7. The van der Waals surface area contributed by atoms with Crippen molar-refractivity contribution in [1.82, 2.24) is 5.06 Å². The number of amides is 1. The van der Waals surface area contributed by atoms with Crippen LogP contribution in [0.1, 0.15) is 12.5 Å². The van der Waals surface area contributed by atoms with Gasteiger partial charge in [-0.3, -0.25) is 10.2 Å². The van der Waals surface area contributed by atoms with Crippen LogP contribution in [0.3, 0.4) is 0 Å². The number of aliphatic imine (C=N–C) groups is 1. The Labute approximate surface area is 121 Å². The quantitative estimate of drug-likeness (QED) is 0.844. The molecule has 1 N–H and O–H groups in total. The molecule has 0 saturated heterocycles. The average Bonchev–Trinajstić information content (AvgIpc) is 2.85. The van der Waals surface area contributed by atoms with Gasteiger partial charge in [0.05, 0.1) is 12.7 Å². The third-order valence-corrected chi connectivity index (χ3v) is 3.11. The second-order valence-electron chi connectivity index (χ2n) is 4.60. The van der Waals surface area contributed by atoms with E-state index in [2.05, 4.69) is 4.99 Å². The van der Waals surface area contributed by atoms with Crippen LogP contribution in [-0.4, -0.2) is 29.8 Å². The molecule has 0 radical (unpaired) electrons. The van der Waals surface area contributed by atoms with Crippen molar-refractivity contribution in [1.29, 1.82) is 5.41 Å². The number of hydrogen-bond acceptors (Lipinski definition) is 4. The molecule has 3 rings (SSSR count). The van der Waals surface area contributed by atoms with Gasteiger partial charge >= 0.3 is 0 Å². The second-order valence-corrected chi connectivity index (χ2v) is 4.60. The van der Waals surface area contributed by atoms with Crippen molar-refractivity contribution in [2.24, 2.45) is 4.99 Å². The largest absolute Gasteiger partial charge is 0.497 e. The van der Waals surface area contributed by atoms with E-state index in [9.17, 15) is 4.79 Å². The predicted molar refractivity (Wildman–Crippen MR) is 77.8 cm³/mol. The number of carbonyl (C=O) groups is 1. The van der Waals surface area contributed by atoms with E-state index in [0.29, 0.717) is 11.6 Å². The minimum Gasteiger partial charge on any atom is -0.497 e. The topological polar surface area (TPSA) is 75.0 Å². The number of nitrogens with zero attached hydrogens (tertiary/aromatic N) is 2. The van der Waals surface area contributed by atoms with E-state index in [1.165, 1.54) is 5.06 Å². The first-order chi connectivity index (χ1) is 10.1. The van der Waals surface area contributed by atoms with Gasteiger partial charge in [-0.05, 0) is 30.7 Å². The predicted octanol–water partition coefficient (Wildman–Crippen LogP) is 2.15. The van der Waals surface area contributed by atoms with Gasteiger partial charge in [0.25, 0.3) is 5.91 Å². The Bertz CT molecular complexity index is 714. The monoisotopic (exact) mass is 283 g/mol. The normalized spacial score (nSPS) is 19.1. The van der Waals surface area contributed by atoms with E-state index >= 15 is 0 Å². The molecule has 0 aromatic heterocycles. The zero-order chi connectivity index (χ0) is 15.0. The first-order valence-corrected chi connectivity index (χ1v) is 6.32. The Hall–Kier alpha value is -2.89. The lowest BCUT2D eigenvalue weighted by atomic mass is 10.1. The average molecular weight is 283 g/mol. The summed E-state index contributed by atoms with van der Waals surface area (Å²) in [6.45, 7) is 1.74. The van der Waals surface area contributed by atoms with Crippen molar-refractivity contribution in [2.75, 3.05) is 7.11 Å². The number of ether oxygens (including phenoxy) is 1. The summed E-state index contributed by atoms with van der Waals surface area (Å²) in [6.07, 6.45) is 3.23. The smallest absolute Gasteiger partial charge is 0.282 e. The molecule has 2 aliphatic heterocycles. The molecule has 0 aliphatic carbocycles. The van der Waals surface area contributed by atoms with Gasteiger partial charge in [-0.1, -0.05) is 12.1 Å². The highest BCUT2D eigenvalue weighted by Crippen LogP contribution is 2.24. The van der Waals surface area contributed by atoms with Crippen LogP contribution < -0.4 is 4.74 Å². The molecule has 1 aromatic carbocycles. The SMILES string of the molecule is COc1ccc(/C=C2\C(=N)N3OC(C)=CC3=NC2=O)cc1. The van der Waals surface area contributed by atoms with Crippen LogP contribution in [0.4, 0.5) is 0 Å². The maximum absolute atomic E-state index is 12.0. The van der Waals surface area contributed by atoms with Crippen molar-refractivity contribution < 1.29 is 14.4 Å². The third-order valence-electron chi connectivity index (χ3n) is 3.11. The summed E-state index contributed by atoms with van der Waals surface area (Å²) < 4.78 is 5.08. The summed E-state index contributed by atoms with van der Waals surface area (Å²) in [4.78, 5) is 21.3. The number of benzene rings is 1. The van der Waals surface area contributed by atoms with E-state index in [1.807, 2.05) is 0 Å². The highest BCUT2D eigenvalue weighted by Gasteiger charge is 2.34. The maximum atomic E-state index is 12.0. The van der Waals surface area contributed by atoms with Gasteiger partial charge in [0.2, 0.25) is 0 Å². The van der Waals surface area contributed by atoms with E-state index in [1.54, 1.807) is 50.5 Å². The second kappa shape index (κ2) is 4.90. The lowest BCUT2D eigenvalue weighted by Gasteiger charge is -2.22. The standard InChI is InChI=1S/C15H13N3O3/c1-9-7-13-17-15(19)12(14(16)18(13)21-9)8-10-3-5-11(20-2)6-4-10/h3-8,16H,1-2H3/b12-8+,16-14?. The number of amidine groups is 2. The number of fused-ring (bicyclic) bond motifs is 1. The molecule has 21 heavy (non-hydrogen) atoms. The van der Waals surface area contributed by atoms with Gasteiger partial charge in [0, 0.05) is 6.08 Å². The molecule has 0 unspecified atom stereocenters. The van der Waals surface area contributed by atoms with Crippen molar-refractivity contribution in [3.8, 4) is 5.75 Å². The molecule has 0 bridgehead atoms. The van der Waals surface area contributed by atoms with Crippen molar-refractivity contribution in [3.63, 3.8) is 0 Å². The number of allylic oxidation sites excluding steroid dienone is 1. The summed E-state index contributed by atoms with van der Waals surface area (Å²) in [5, 5.41) is 9.34. The van der Waals surface area contributed by atoms with Gasteiger partial charge in [-0.2, -0.15) is 4.99 Å². The molecule has 6 heteroatoms. The van der Waals surface area contributed by atoms with E-state index < -0.39 is 5.91 Å². The van der Waals surface area contributed by atoms with Gasteiger partial charge < -0.3 is 9.57 Å². The zero-order valence-corrected chi connectivity index (χ0v) is 11.6. The van der Waals surface area contributed by atoms with Gasteiger partial charge in [-0.15, -0.1) is 5.06 Å². The fourth-order valence-corrected chi connectivity index (χ4v) is 2.07. The Morgan fingerprint density at radius 2 is 2.05 bits per heavy atom. The lowest BCUT2D eigenvalue weighted by molar-refractivity contribution is -0.114. The number of hydrogen-bond donors (Lipinski definition) is 1. The summed E-state index contributed by atoms with van der Waals surface area (Å²) >= 11 is 0. The molecule has 0 fully saturated rings. The molecule has 106 valence electrons. The Kier molecular flexibility index (Phi) is 3.06. The Balaban J connectivity index is 1.94. The van der Waals surface area contributed by atoms with Crippen LogP contribution in [0.5, 0.6) is 5.75 Å². The van der Waals surface area contributed by atoms with Crippen molar-refractivity contribution in [2.45, 2.75) is 6.92 Å². The number of nitrogens with one attached hydrogen (secondary N) is 1. The van der Waals surface area contributed by atoms with Crippen molar-refractivity contribution >= 4 is 23.7 Å². The molecular weight excluding hydrogens is 270 g/mol. The number of methoxy groups -OCH3 is 1. The van der Waals surface area contributed by atoms with Gasteiger partial charge in [-0.25, -0.2) is 0 Å². The molecule has 1 amide bonds. The highest BCUT2D eigenvalue weighted by molar-refractivity contribution is 6.32. The Morgan fingerprint density at radius 1 is 1.33 bits per heavy atom. The first-order valence-electron chi connectivity index (χ1n) is 6.32. The summed E-state index contributed by atoms with van der Waals surface area (Å²) in [7, 11) is 1.59. The van der Waals surface area contributed by atoms with E-state index in [4.69, 9.17) is 15.0 Å². The van der Waals surface area contributed by atoms with Crippen LogP contribution in [0, 0.1) is 5.41 Å². The molecule has 0 saturated carbocycles. The van der Waals surface area contributed by atoms with Crippen molar-refractivity contribution in [3.05, 3.63) is 47.2 Å². The van der Waals surface area contributed by atoms with Gasteiger partial charge in [0.15, 0.2) is 11.7 Å². The van der Waals surface area contributed by atoms with E-state index in [0.717, 1.165) is 11.3 Å².